The van der Waals surface area contributed by atoms with Gasteiger partial charge in [-0.1, -0.05) is 12.8 Å². The molecule has 2 unspecified atom stereocenters. The first-order valence-electron chi connectivity index (χ1n) is 5.71. The van der Waals surface area contributed by atoms with E-state index in [4.69, 9.17) is 11.6 Å². The van der Waals surface area contributed by atoms with Crippen molar-refractivity contribution in [2.45, 2.75) is 43.9 Å². The zero-order valence-corrected chi connectivity index (χ0v) is 9.02. The maximum atomic E-state index is 6.27. The molecule has 0 radical (unpaired) electrons. The Kier molecular flexibility index (Phi) is 3.51. The molecule has 0 aromatic heterocycles. The van der Waals surface area contributed by atoms with Gasteiger partial charge < -0.3 is 5.32 Å². The summed E-state index contributed by atoms with van der Waals surface area (Å²) in [5.74, 6) is 1.74. The predicted molar refractivity (Wildman–Crippen MR) is 57.2 cm³/mol. The Bertz CT molecular complexity index is 156. The van der Waals surface area contributed by atoms with Gasteiger partial charge in [-0.15, -0.1) is 11.6 Å². The number of rotatable bonds is 4. The zero-order valence-electron chi connectivity index (χ0n) is 8.27. The van der Waals surface area contributed by atoms with E-state index in [1.165, 1.54) is 45.1 Å². The molecule has 2 saturated carbocycles. The largest absolute Gasteiger partial charge is 0.316 e. The van der Waals surface area contributed by atoms with E-state index in [-0.39, 0.29) is 0 Å². The van der Waals surface area contributed by atoms with E-state index >= 15 is 0 Å². The fourth-order valence-electron chi connectivity index (χ4n) is 2.19. The first-order valence-corrected chi connectivity index (χ1v) is 6.14. The van der Waals surface area contributed by atoms with E-state index in [9.17, 15) is 0 Å². The lowest BCUT2D eigenvalue weighted by molar-refractivity contribution is 0.347. The van der Waals surface area contributed by atoms with Crippen molar-refractivity contribution in [3.8, 4) is 0 Å². The molecule has 1 nitrogen and oxygen atoms in total. The molecule has 2 aliphatic carbocycles. The summed E-state index contributed by atoms with van der Waals surface area (Å²) in [7, 11) is 0. The summed E-state index contributed by atoms with van der Waals surface area (Å²) in [4.78, 5) is 0. The quantitative estimate of drug-likeness (QED) is 0.690. The summed E-state index contributed by atoms with van der Waals surface area (Å²) in [6.07, 6.45) is 8.19. The first-order chi connectivity index (χ1) is 6.36. The van der Waals surface area contributed by atoms with Gasteiger partial charge in [0.1, 0.15) is 0 Å². The van der Waals surface area contributed by atoms with Gasteiger partial charge in [-0.05, 0) is 50.6 Å². The van der Waals surface area contributed by atoms with Crippen LogP contribution >= 0.6 is 11.6 Å². The van der Waals surface area contributed by atoms with Crippen molar-refractivity contribution >= 4 is 11.6 Å². The van der Waals surface area contributed by atoms with Crippen LogP contribution in [0.1, 0.15) is 38.5 Å². The van der Waals surface area contributed by atoms with E-state index in [0.29, 0.717) is 5.38 Å². The minimum Gasteiger partial charge on any atom is -0.316 e. The minimum atomic E-state index is 0.445. The number of halogens is 1. The fourth-order valence-corrected chi connectivity index (χ4v) is 2.56. The Balaban J connectivity index is 1.60. The van der Waals surface area contributed by atoms with Gasteiger partial charge in [0.15, 0.2) is 0 Å². The van der Waals surface area contributed by atoms with Crippen molar-refractivity contribution in [1.82, 2.24) is 5.32 Å². The highest BCUT2D eigenvalue weighted by atomic mass is 35.5. The van der Waals surface area contributed by atoms with Gasteiger partial charge in [-0.3, -0.25) is 0 Å². The molecular weight excluding hydrogens is 182 g/mol. The molecule has 76 valence electrons. The van der Waals surface area contributed by atoms with Crippen LogP contribution in [-0.4, -0.2) is 18.5 Å². The van der Waals surface area contributed by atoms with E-state index in [1.807, 2.05) is 0 Å². The number of hydrogen-bond donors (Lipinski definition) is 1. The van der Waals surface area contributed by atoms with E-state index < -0.39 is 0 Å². The van der Waals surface area contributed by atoms with Crippen LogP contribution in [-0.2, 0) is 0 Å². The molecule has 0 amide bonds. The molecule has 2 rings (SSSR count). The van der Waals surface area contributed by atoms with Crippen molar-refractivity contribution in [2.24, 2.45) is 11.8 Å². The lowest BCUT2D eigenvalue weighted by Crippen LogP contribution is -2.32. The summed E-state index contributed by atoms with van der Waals surface area (Å²) in [6, 6.07) is 0. The van der Waals surface area contributed by atoms with Crippen LogP contribution in [0.2, 0.25) is 0 Å². The third-order valence-corrected chi connectivity index (χ3v) is 3.93. The van der Waals surface area contributed by atoms with Gasteiger partial charge in [-0.2, -0.15) is 0 Å². The second-order valence-corrected chi connectivity index (χ2v) is 5.22. The molecule has 0 heterocycles. The molecule has 2 heteroatoms. The molecule has 1 N–H and O–H groups in total. The lowest BCUT2D eigenvalue weighted by atomic mass is 9.89. The Morgan fingerprint density at radius 1 is 1.00 bits per heavy atom. The molecule has 0 aromatic rings. The van der Waals surface area contributed by atoms with Gasteiger partial charge >= 0.3 is 0 Å². The maximum absolute atomic E-state index is 6.27. The summed E-state index contributed by atoms with van der Waals surface area (Å²) < 4.78 is 0. The van der Waals surface area contributed by atoms with Gasteiger partial charge in [0.25, 0.3) is 0 Å². The van der Waals surface area contributed by atoms with Crippen molar-refractivity contribution in [1.29, 1.82) is 0 Å². The van der Waals surface area contributed by atoms with Gasteiger partial charge in [-0.25, -0.2) is 0 Å². The second-order valence-electron chi connectivity index (χ2n) is 4.66. The lowest BCUT2D eigenvalue weighted by Gasteiger charge is -2.27. The summed E-state index contributed by atoms with van der Waals surface area (Å²) >= 11 is 6.27. The van der Waals surface area contributed by atoms with Crippen molar-refractivity contribution in [2.75, 3.05) is 13.1 Å². The Hall–Kier alpha value is 0.250. The molecule has 0 spiro atoms. The number of nitrogens with one attached hydrogen (secondary N) is 1. The van der Waals surface area contributed by atoms with Crippen LogP contribution in [0.15, 0.2) is 0 Å². The highest BCUT2D eigenvalue weighted by molar-refractivity contribution is 6.20. The Labute approximate surface area is 86.2 Å². The molecular formula is C11H20ClN. The van der Waals surface area contributed by atoms with Gasteiger partial charge in [0, 0.05) is 5.38 Å². The third-order valence-electron chi connectivity index (χ3n) is 3.35. The average molecular weight is 202 g/mol. The first kappa shape index (κ1) is 9.79. The normalized spacial score (nSPS) is 34.8. The molecule has 13 heavy (non-hydrogen) atoms. The molecule has 2 aliphatic rings. The van der Waals surface area contributed by atoms with E-state index in [1.54, 1.807) is 0 Å². The molecule has 0 aliphatic heterocycles. The topological polar surface area (TPSA) is 12.0 Å². The number of alkyl halides is 1. The zero-order chi connectivity index (χ0) is 9.10. The molecule has 0 saturated heterocycles. The van der Waals surface area contributed by atoms with Gasteiger partial charge in [0.2, 0.25) is 0 Å². The predicted octanol–water partition coefficient (Wildman–Crippen LogP) is 2.78. The monoisotopic (exact) mass is 201 g/mol. The summed E-state index contributed by atoms with van der Waals surface area (Å²) in [6.45, 7) is 2.39. The SMILES string of the molecule is ClC1CCCCC1CNCC1CC1. The Morgan fingerprint density at radius 2 is 1.77 bits per heavy atom. The van der Waals surface area contributed by atoms with Crippen molar-refractivity contribution in [3.05, 3.63) is 0 Å². The van der Waals surface area contributed by atoms with Crippen molar-refractivity contribution < 1.29 is 0 Å². The third kappa shape index (κ3) is 3.14. The standard InChI is InChI=1S/C11H20ClN/c12-11-4-2-1-3-10(11)8-13-7-9-5-6-9/h9-11,13H,1-8H2. The van der Waals surface area contributed by atoms with Gasteiger partial charge in [0.05, 0.1) is 0 Å². The fraction of sp³-hybridized carbons (Fsp3) is 1.00. The van der Waals surface area contributed by atoms with Crippen LogP contribution in [0.4, 0.5) is 0 Å². The Morgan fingerprint density at radius 3 is 2.46 bits per heavy atom. The summed E-state index contributed by atoms with van der Waals surface area (Å²) in [5, 5.41) is 4.01. The van der Waals surface area contributed by atoms with E-state index in [0.717, 1.165) is 18.4 Å². The highest BCUT2D eigenvalue weighted by Crippen LogP contribution is 2.29. The maximum Gasteiger partial charge on any atom is 0.0376 e. The van der Waals surface area contributed by atoms with Crippen LogP contribution < -0.4 is 5.32 Å². The van der Waals surface area contributed by atoms with Crippen LogP contribution in [0.5, 0.6) is 0 Å². The molecule has 0 bridgehead atoms. The minimum absolute atomic E-state index is 0.445. The molecule has 0 aromatic carbocycles. The average Bonchev–Trinajstić information content (AvgIpc) is 2.92. The van der Waals surface area contributed by atoms with Crippen molar-refractivity contribution in [3.63, 3.8) is 0 Å². The second kappa shape index (κ2) is 4.65. The van der Waals surface area contributed by atoms with Crippen LogP contribution in [0.25, 0.3) is 0 Å². The molecule has 2 atom stereocenters. The smallest absolute Gasteiger partial charge is 0.0376 e. The number of hydrogen-bond acceptors (Lipinski definition) is 1. The van der Waals surface area contributed by atoms with Crippen LogP contribution in [0.3, 0.4) is 0 Å². The highest BCUT2D eigenvalue weighted by Gasteiger charge is 2.24. The van der Waals surface area contributed by atoms with Crippen LogP contribution in [0, 0.1) is 11.8 Å². The summed E-state index contributed by atoms with van der Waals surface area (Å²) in [5.41, 5.74) is 0. The molecule has 2 fully saturated rings. The van der Waals surface area contributed by atoms with E-state index in [2.05, 4.69) is 5.32 Å².